The van der Waals surface area contributed by atoms with Crippen LogP contribution >= 0.6 is 27.5 Å². The van der Waals surface area contributed by atoms with Crippen LogP contribution in [0.25, 0.3) is 0 Å². The molecule has 0 radical (unpaired) electrons. The molecule has 3 rings (SSSR count). The molecule has 1 N–H and O–H groups in total. The van der Waals surface area contributed by atoms with Crippen molar-refractivity contribution < 1.29 is 31.2 Å². The fraction of sp³-hybridized carbons (Fsp3) is 0.286. The number of hydrogen-bond donors (Lipinski definition) is 1. The van der Waals surface area contributed by atoms with E-state index in [0.717, 1.165) is 16.6 Å². The molecule has 0 heterocycles. The second kappa shape index (κ2) is 13.3. The van der Waals surface area contributed by atoms with Crippen LogP contribution in [0.15, 0.2) is 82.2 Å². The maximum Gasteiger partial charge on any atom is 0.416 e. The van der Waals surface area contributed by atoms with E-state index in [2.05, 4.69) is 21.2 Å². The minimum Gasteiger partial charge on any atom is -0.352 e. The number of amides is 2. The van der Waals surface area contributed by atoms with Crippen LogP contribution in [0.1, 0.15) is 31.9 Å². The van der Waals surface area contributed by atoms with Crippen molar-refractivity contribution in [1.29, 1.82) is 0 Å². The van der Waals surface area contributed by atoms with Crippen molar-refractivity contribution in [2.75, 3.05) is 10.8 Å². The van der Waals surface area contributed by atoms with Crippen LogP contribution in [0.5, 0.6) is 0 Å². The molecule has 1 atom stereocenters. The number of carbonyl (C=O) groups excluding carboxylic acids is 2. The quantitative estimate of drug-likeness (QED) is 0.275. The summed E-state index contributed by atoms with van der Waals surface area (Å²) in [6, 6.07) is 14.8. The zero-order valence-electron chi connectivity index (χ0n) is 22.3. The molecule has 0 spiro atoms. The Morgan fingerprint density at radius 3 is 2.15 bits per heavy atom. The van der Waals surface area contributed by atoms with E-state index in [4.69, 9.17) is 11.6 Å². The third kappa shape index (κ3) is 8.23. The van der Waals surface area contributed by atoms with Crippen LogP contribution in [-0.4, -0.2) is 43.8 Å². The molecule has 7 nitrogen and oxygen atoms in total. The summed E-state index contributed by atoms with van der Waals surface area (Å²) in [6.07, 6.45) is -4.80. The number of sulfonamides is 1. The lowest BCUT2D eigenvalue weighted by molar-refractivity contribution is -0.139. The smallest absolute Gasteiger partial charge is 0.352 e. The van der Waals surface area contributed by atoms with Gasteiger partial charge in [0.05, 0.1) is 21.2 Å². The number of benzene rings is 3. The van der Waals surface area contributed by atoms with Crippen molar-refractivity contribution in [3.63, 3.8) is 0 Å². The molecule has 3 aromatic rings. The second-order valence-electron chi connectivity index (χ2n) is 9.48. The summed E-state index contributed by atoms with van der Waals surface area (Å²) in [4.78, 5) is 27.7. The first-order chi connectivity index (χ1) is 19.1. The Hall–Kier alpha value is -3.09. The average Bonchev–Trinajstić information content (AvgIpc) is 2.90. The molecule has 0 saturated heterocycles. The highest BCUT2D eigenvalue weighted by Crippen LogP contribution is 2.37. The largest absolute Gasteiger partial charge is 0.416 e. The molecule has 0 aliphatic rings. The van der Waals surface area contributed by atoms with Gasteiger partial charge in [-0.25, -0.2) is 8.42 Å². The summed E-state index contributed by atoms with van der Waals surface area (Å²) in [6.45, 7) is 3.98. The molecule has 0 unspecified atom stereocenters. The van der Waals surface area contributed by atoms with Crippen LogP contribution in [0.3, 0.4) is 0 Å². The van der Waals surface area contributed by atoms with Crippen molar-refractivity contribution in [3.8, 4) is 0 Å². The van der Waals surface area contributed by atoms with Gasteiger partial charge in [-0.2, -0.15) is 13.2 Å². The zero-order valence-corrected chi connectivity index (χ0v) is 25.5. The number of carbonyl (C=O) groups is 2. The van der Waals surface area contributed by atoms with E-state index in [1.807, 2.05) is 0 Å². The van der Waals surface area contributed by atoms with Crippen LogP contribution in [0.2, 0.25) is 5.02 Å². The van der Waals surface area contributed by atoms with E-state index in [-0.39, 0.29) is 22.5 Å². The van der Waals surface area contributed by atoms with Crippen molar-refractivity contribution in [1.82, 2.24) is 10.2 Å². The number of nitrogens with zero attached hydrogens (tertiary/aromatic N) is 2. The monoisotopic (exact) mass is 673 g/mol. The highest BCUT2D eigenvalue weighted by Gasteiger charge is 2.36. The SMILES string of the molecule is CC(C)NC(=O)[C@H](C)N(Cc1ccc(Br)cc1)C(=O)CN(c1cc(C(F)(F)F)ccc1Cl)S(=O)(=O)c1ccccc1. The lowest BCUT2D eigenvalue weighted by Gasteiger charge is -2.32. The number of nitrogens with one attached hydrogen (secondary N) is 1. The highest BCUT2D eigenvalue weighted by molar-refractivity contribution is 9.10. The normalized spacial score (nSPS) is 12.6. The van der Waals surface area contributed by atoms with E-state index in [1.165, 1.54) is 36.1 Å². The molecule has 0 bridgehead atoms. The van der Waals surface area contributed by atoms with Gasteiger partial charge in [0.1, 0.15) is 12.6 Å². The Labute approximate surface area is 250 Å². The van der Waals surface area contributed by atoms with Crippen molar-refractivity contribution in [2.24, 2.45) is 0 Å². The maximum atomic E-state index is 13.9. The van der Waals surface area contributed by atoms with E-state index >= 15 is 0 Å². The van der Waals surface area contributed by atoms with E-state index in [9.17, 15) is 31.2 Å². The van der Waals surface area contributed by atoms with Gasteiger partial charge in [0, 0.05) is 17.1 Å². The first kappa shape index (κ1) is 32.4. The van der Waals surface area contributed by atoms with Gasteiger partial charge in [0.2, 0.25) is 11.8 Å². The third-order valence-electron chi connectivity index (χ3n) is 6.02. The average molecular weight is 675 g/mol. The third-order valence-corrected chi connectivity index (χ3v) is 8.64. The Morgan fingerprint density at radius 2 is 1.59 bits per heavy atom. The summed E-state index contributed by atoms with van der Waals surface area (Å²) in [5.74, 6) is -1.31. The molecule has 0 aromatic heterocycles. The van der Waals surface area contributed by atoms with E-state index < -0.39 is 51.9 Å². The minimum atomic E-state index is -4.80. The fourth-order valence-electron chi connectivity index (χ4n) is 3.89. The fourth-order valence-corrected chi connectivity index (χ4v) is 5.87. The minimum absolute atomic E-state index is 0.0751. The molecule has 0 fully saturated rings. The molecule has 41 heavy (non-hydrogen) atoms. The Balaban J connectivity index is 2.12. The Bertz CT molecular complexity index is 1490. The van der Waals surface area contributed by atoms with Crippen LogP contribution in [-0.2, 0) is 32.3 Å². The van der Waals surface area contributed by atoms with Gasteiger partial charge in [0.15, 0.2) is 0 Å². The standard InChI is InChI=1S/C28H28BrClF3N3O4S/c1-18(2)34-27(38)19(3)35(16-20-9-12-22(29)13-10-20)26(37)17-36(41(39,40)23-7-5-4-6-8-23)25-15-21(28(31,32)33)11-14-24(25)30/h4-15,18-19H,16-17H2,1-3H3,(H,34,38)/t19-/m0/s1. The lowest BCUT2D eigenvalue weighted by Crippen LogP contribution is -2.52. The molecule has 220 valence electrons. The predicted molar refractivity (Wildman–Crippen MR) is 155 cm³/mol. The topological polar surface area (TPSA) is 86.8 Å². The predicted octanol–water partition coefficient (Wildman–Crippen LogP) is 6.26. The summed E-state index contributed by atoms with van der Waals surface area (Å²) < 4.78 is 69.7. The lowest BCUT2D eigenvalue weighted by atomic mass is 10.1. The molecule has 3 aromatic carbocycles. The molecular formula is C28H28BrClF3N3O4S. The number of rotatable bonds is 10. The molecular weight excluding hydrogens is 647 g/mol. The highest BCUT2D eigenvalue weighted by atomic mass is 79.9. The molecule has 2 amide bonds. The van der Waals surface area contributed by atoms with Gasteiger partial charge in [0.25, 0.3) is 10.0 Å². The number of halogens is 5. The zero-order chi connectivity index (χ0) is 30.5. The number of anilines is 1. The summed E-state index contributed by atoms with van der Waals surface area (Å²) in [5.41, 5.74) is -1.03. The van der Waals surface area contributed by atoms with Crippen LogP contribution < -0.4 is 9.62 Å². The van der Waals surface area contributed by atoms with Crippen molar-refractivity contribution in [3.05, 3.63) is 93.4 Å². The maximum absolute atomic E-state index is 13.9. The van der Waals surface area contributed by atoms with Crippen LogP contribution in [0, 0.1) is 0 Å². The van der Waals surface area contributed by atoms with Gasteiger partial charge in [-0.3, -0.25) is 13.9 Å². The summed E-state index contributed by atoms with van der Waals surface area (Å²) >= 11 is 9.58. The van der Waals surface area contributed by atoms with Gasteiger partial charge in [-0.1, -0.05) is 57.9 Å². The molecule has 0 aliphatic heterocycles. The second-order valence-corrected chi connectivity index (χ2v) is 12.7. The van der Waals surface area contributed by atoms with E-state index in [1.54, 1.807) is 44.2 Å². The van der Waals surface area contributed by atoms with Gasteiger partial charge in [-0.05, 0) is 68.8 Å². The number of alkyl halides is 3. The first-order valence-electron chi connectivity index (χ1n) is 12.4. The Morgan fingerprint density at radius 1 is 0.976 bits per heavy atom. The molecule has 13 heteroatoms. The molecule has 0 aliphatic carbocycles. The van der Waals surface area contributed by atoms with Gasteiger partial charge in [-0.15, -0.1) is 0 Å². The summed E-state index contributed by atoms with van der Waals surface area (Å²) in [7, 11) is -4.58. The molecule has 0 saturated carbocycles. The Kier molecular flexibility index (Phi) is 10.5. The van der Waals surface area contributed by atoms with Gasteiger partial charge >= 0.3 is 6.18 Å². The first-order valence-corrected chi connectivity index (χ1v) is 15.0. The van der Waals surface area contributed by atoms with Crippen molar-refractivity contribution >= 4 is 55.1 Å². The van der Waals surface area contributed by atoms with E-state index in [0.29, 0.717) is 15.9 Å². The summed E-state index contributed by atoms with van der Waals surface area (Å²) in [5, 5.41) is 2.42. The number of hydrogen-bond acceptors (Lipinski definition) is 4. The van der Waals surface area contributed by atoms with Gasteiger partial charge < -0.3 is 10.2 Å². The van der Waals surface area contributed by atoms with Crippen LogP contribution in [0.4, 0.5) is 18.9 Å². The van der Waals surface area contributed by atoms with Crippen molar-refractivity contribution in [2.45, 2.75) is 50.5 Å².